The van der Waals surface area contributed by atoms with Crippen LogP contribution in [0.4, 0.5) is 27.6 Å². The van der Waals surface area contributed by atoms with Crippen LogP contribution >= 0.6 is 12.4 Å². The summed E-state index contributed by atoms with van der Waals surface area (Å²) in [6.07, 6.45) is -5.83. The van der Waals surface area contributed by atoms with Crippen molar-refractivity contribution >= 4 is 18.1 Å². The molecule has 0 aliphatic heterocycles. The number of hydrogen-bond donors (Lipinski definition) is 1. The molecular formula is C10H10ClF5N2O2. The molecule has 0 unspecified atom stereocenters. The summed E-state index contributed by atoms with van der Waals surface area (Å²) >= 11 is 0. The van der Waals surface area contributed by atoms with E-state index in [0.29, 0.717) is 6.07 Å². The molecule has 20 heavy (non-hydrogen) atoms. The molecule has 0 spiro atoms. The molecule has 0 aromatic heterocycles. The van der Waals surface area contributed by atoms with Gasteiger partial charge in [0.1, 0.15) is 6.04 Å². The molecule has 10 heteroatoms. The Morgan fingerprint density at radius 3 is 2.15 bits per heavy atom. The standard InChI is InChI=1S/C10H9F5N2O2.ClH/c1-5-2-3-6(4-7(5)17(18)19)8(16)9(11,12)10(13,14)15;/h2-4,8H,16H2,1H3;1H/t8-;/m0./s1. The zero-order valence-electron chi connectivity index (χ0n) is 9.95. The average Bonchev–Trinajstić information content (AvgIpc) is 2.26. The minimum atomic E-state index is -5.83. The fourth-order valence-electron chi connectivity index (χ4n) is 1.40. The average molecular weight is 321 g/mol. The molecular weight excluding hydrogens is 311 g/mol. The SMILES string of the molecule is Cc1ccc([C@H](N)C(F)(F)C(F)(F)F)cc1[N+](=O)[O-].Cl. The fraction of sp³-hybridized carbons (Fsp3) is 0.400. The van der Waals surface area contributed by atoms with E-state index < -0.39 is 34.3 Å². The van der Waals surface area contributed by atoms with Gasteiger partial charge in [0.2, 0.25) is 0 Å². The van der Waals surface area contributed by atoms with Crippen LogP contribution in [0, 0.1) is 17.0 Å². The fourth-order valence-corrected chi connectivity index (χ4v) is 1.40. The van der Waals surface area contributed by atoms with E-state index in [1.54, 1.807) is 0 Å². The number of nitro groups is 1. The molecule has 0 aliphatic rings. The molecule has 0 radical (unpaired) electrons. The van der Waals surface area contributed by atoms with Crippen LogP contribution in [0.3, 0.4) is 0 Å². The summed E-state index contributed by atoms with van der Waals surface area (Å²) in [5, 5.41) is 10.6. The van der Waals surface area contributed by atoms with E-state index in [0.717, 1.165) is 12.1 Å². The Hall–Kier alpha value is -1.48. The maximum atomic E-state index is 13.0. The molecule has 1 rings (SSSR count). The summed E-state index contributed by atoms with van der Waals surface area (Å²) in [6, 6.07) is -0.0988. The first-order valence-corrected chi connectivity index (χ1v) is 4.93. The van der Waals surface area contributed by atoms with Gasteiger partial charge in [0.25, 0.3) is 5.69 Å². The van der Waals surface area contributed by atoms with E-state index in [2.05, 4.69) is 0 Å². The van der Waals surface area contributed by atoms with Crippen LogP contribution < -0.4 is 5.73 Å². The first kappa shape index (κ1) is 18.5. The number of nitrogens with two attached hydrogens (primary N) is 1. The van der Waals surface area contributed by atoms with Crippen LogP contribution in [-0.2, 0) is 0 Å². The summed E-state index contributed by atoms with van der Waals surface area (Å²) < 4.78 is 62.5. The zero-order valence-corrected chi connectivity index (χ0v) is 10.8. The number of halogens is 6. The van der Waals surface area contributed by atoms with Crippen LogP contribution in [0.25, 0.3) is 0 Å². The van der Waals surface area contributed by atoms with Gasteiger partial charge in [-0.25, -0.2) is 0 Å². The lowest BCUT2D eigenvalue weighted by atomic mass is 9.99. The van der Waals surface area contributed by atoms with Gasteiger partial charge in [0.15, 0.2) is 0 Å². The van der Waals surface area contributed by atoms with Crippen LogP contribution in [-0.4, -0.2) is 17.0 Å². The van der Waals surface area contributed by atoms with Gasteiger partial charge in [0, 0.05) is 11.6 Å². The van der Waals surface area contributed by atoms with Gasteiger partial charge in [-0.1, -0.05) is 12.1 Å². The molecule has 0 bridgehead atoms. The minimum absolute atomic E-state index is 0. The third-order valence-electron chi connectivity index (χ3n) is 2.56. The molecule has 1 atom stereocenters. The lowest BCUT2D eigenvalue weighted by Gasteiger charge is -2.25. The smallest absolute Gasteiger partial charge is 0.319 e. The van der Waals surface area contributed by atoms with Crippen molar-refractivity contribution in [1.82, 2.24) is 0 Å². The van der Waals surface area contributed by atoms with E-state index in [-0.39, 0.29) is 18.0 Å². The Kier molecular flexibility index (Phi) is 5.44. The topological polar surface area (TPSA) is 69.2 Å². The van der Waals surface area contributed by atoms with Gasteiger partial charge in [-0.15, -0.1) is 12.4 Å². The van der Waals surface area contributed by atoms with E-state index in [4.69, 9.17) is 5.73 Å². The largest absolute Gasteiger partial charge is 0.455 e. The number of rotatable bonds is 3. The van der Waals surface area contributed by atoms with E-state index >= 15 is 0 Å². The van der Waals surface area contributed by atoms with Crippen molar-refractivity contribution in [2.24, 2.45) is 5.73 Å². The molecule has 0 heterocycles. The Morgan fingerprint density at radius 2 is 1.75 bits per heavy atom. The molecule has 4 nitrogen and oxygen atoms in total. The molecule has 1 aromatic carbocycles. The number of aryl methyl sites for hydroxylation is 1. The monoisotopic (exact) mass is 320 g/mol. The summed E-state index contributed by atoms with van der Waals surface area (Å²) in [5.41, 5.74) is 3.80. The molecule has 0 amide bonds. The minimum Gasteiger partial charge on any atom is -0.319 e. The highest BCUT2D eigenvalue weighted by molar-refractivity contribution is 5.85. The van der Waals surface area contributed by atoms with Gasteiger partial charge < -0.3 is 5.73 Å². The van der Waals surface area contributed by atoms with Gasteiger partial charge in [-0.2, -0.15) is 22.0 Å². The summed E-state index contributed by atoms with van der Waals surface area (Å²) in [7, 11) is 0. The predicted molar refractivity (Wildman–Crippen MR) is 63.0 cm³/mol. The normalized spacial score (nSPS) is 13.6. The summed E-state index contributed by atoms with van der Waals surface area (Å²) in [4.78, 5) is 9.72. The molecule has 0 aliphatic carbocycles. The third-order valence-corrected chi connectivity index (χ3v) is 2.56. The molecule has 114 valence electrons. The third kappa shape index (κ3) is 3.34. The van der Waals surface area contributed by atoms with Crippen molar-refractivity contribution in [1.29, 1.82) is 0 Å². The second kappa shape index (κ2) is 5.88. The number of nitrogens with zero attached hydrogens (tertiary/aromatic N) is 1. The maximum absolute atomic E-state index is 13.0. The Labute approximate surface area is 116 Å². The number of benzene rings is 1. The first-order chi connectivity index (χ1) is 8.48. The van der Waals surface area contributed by atoms with E-state index in [9.17, 15) is 32.1 Å². The molecule has 0 saturated heterocycles. The van der Waals surface area contributed by atoms with Crippen molar-refractivity contribution in [3.63, 3.8) is 0 Å². The summed E-state index contributed by atoms with van der Waals surface area (Å²) in [6.45, 7) is 1.33. The van der Waals surface area contributed by atoms with Crippen molar-refractivity contribution in [2.75, 3.05) is 0 Å². The van der Waals surface area contributed by atoms with Gasteiger partial charge in [0.05, 0.1) is 4.92 Å². The van der Waals surface area contributed by atoms with Gasteiger partial charge in [-0.3, -0.25) is 10.1 Å². The number of hydrogen-bond acceptors (Lipinski definition) is 3. The van der Waals surface area contributed by atoms with Gasteiger partial charge in [-0.05, 0) is 12.5 Å². The quantitative estimate of drug-likeness (QED) is 0.526. The van der Waals surface area contributed by atoms with Gasteiger partial charge >= 0.3 is 12.1 Å². The maximum Gasteiger partial charge on any atom is 0.455 e. The second-order valence-electron chi connectivity index (χ2n) is 3.90. The molecule has 1 aromatic rings. The van der Waals surface area contributed by atoms with Crippen molar-refractivity contribution in [3.8, 4) is 0 Å². The van der Waals surface area contributed by atoms with Crippen molar-refractivity contribution in [3.05, 3.63) is 39.4 Å². The van der Waals surface area contributed by atoms with Crippen LogP contribution in [0.2, 0.25) is 0 Å². The lowest BCUT2D eigenvalue weighted by Crippen LogP contribution is -2.45. The number of nitro benzene ring substituents is 1. The number of alkyl halides is 5. The van der Waals surface area contributed by atoms with Crippen LogP contribution in [0.1, 0.15) is 17.2 Å². The summed E-state index contributed by atoms with van der Waals surface area (Å²) in [5.74, 6) is -5.17. The highest BCUT2D eigenvalue weighted by atomic mass is 35.5. The van der Waals surface area contributed by atoms with Crippen LogP contribution in [0.15, 0.2) is 18.2 Å². The Balaban J connectivity index is 0.00000361. The lowest BCUT2D eigenvalue weighted by molar-refractivity contribution is -0.385. The highest BCUT2D eigenvalue weighted by Crippen LogP contribution is 2.43. The van der Waals surface area contributed by atoms with E-state index in [1.807, 2.05) is 0 Å². The predicted octanol–water partition coefficient (Wildman–Crippen LogP) is 3.52. The highest BCUT2D eigenvalue weighted by Gasteiger charge is 2.61. The second-order valence-corrected chi connectivity index (χ2v) is 3.90. The van der Waals surface area contributed by atoms with Crippen molar-refractivity contribution < 1.29 is 26.9 Å². The van der Waals surface area contributed by atoms with E-state index in [1.165, 1.54) is 6.92 Å². The molecule has 0 fully saturated rings. The molecule has 0 saturated carbocycles. The Morgan fingerprint density at radius 1 is 1.25 bits per heavy atom. The molecule has 2 N–H and O–H groups in total. The Bertz CT molecular complexity index is 507. The van der Waals surface area contributed by atoms with Crippen LogP contribution in [0.5, 0.6) is 0 Å². The zero-order chi connectivity index (χ0) is 15.0. The van der Waals surface area contributed by atoms with Crippen molar-refractivity contribution in [2.45, 2.75) is 25.1 Å². The first-order valence-electron chi connectivity index (χ1n) is 4.93.